The molecule has 24 heavy (non-hydrogen) atoms. The highest BCUT2D eigenvalue weighted by Gasteiger charge is 2.32. The molecule has 0 bridgehead atoms. The number of carbonyl (C=O) groups excluding carboxylic acids is 1. The van der Waals surface area contributed by atoms with Gasteiger partial charge in [0.2, 0.25) is 17.7 Å². The molecule has 1 aliphatic rings. The molecule has 0 saturated carbocycles. The standard InChI is InChI=1S/C16H22N6O2/c1-2-13-20-15(21-24-13)12-6-4-11-22(12)14(23)7-3-8-17-16-18-9-5-10-19-16/h5,9-10,12H,2-4,6-8,11H2,1H3,(H,17,18,19)/t12-/m1/s1. The number of amides is 1. The molecule has 0 radical (unpaired) electrons. The van der Waals surface area contributed by atoms with Crippen LogP contribution in [0.4, 0.5) is 5.95 Å². The van der Waals surface area contributed by atoms with E-state index in [2.05, 4.69) is 25.4 Å². The van der Waals surface area contributed by atoms with Gasteiger partial charge in [0.05, 0.1) is 6.04 Å². The monoisotopic (exact) mass is 330 g/mol. The Labute approximate surface area is 140 Å². The molecule has 0 aromatic carbocycles. The molecule has 128 valence electrons. The molecule has 1 aliphatic heterocycles. The average Bonchev–Trinajstić information content (AvgIpc) is 3.28. The number of hydrogen-bond acceptors (Lipinski definition) is 7. The molecule has 1 amide bonds. The lowest BCUT2D eigenvalue weighted by atomic mass is 10.2. The van der Waals surface area contributed by atoms with E-state index in [1.54, 1.807) is 18.5 Å². The number of carbonyl (C=O) groups is 1. The summed E-state index contributed by atoms with van der Waals surface area (Å²) < 4.78 is 5.18. The molecule has 3 rings (SSSR count). The molecule has 1 fully saturated rings. The Kier molecular flexibility index (Phi) is 5.35. The molecule has 0 unspecified atom stereocenters. The molecule has 1 atom stereocenters. The maximum Gasteiger partial charge on any atom is 0.226 e. The first-order chi connectivity index (χ1) is 11.8. The predicted molar refractivity (Wildman–Crippen MR) is 87.1 cm³/mol. The fraction of sp³-hybridized carbons (Fsp3) is 0.562. The van der Waals surface area contributed by atoms with Crippen LogP contribution in [0.25, 0.3) is 0 Å². The van der Waals surface area contributed by atoms with E-state index in [-0.39, 0.29) is 11.9 Å². The van der Waals surface area contributed by atoms with E-state index < -0.39 is 0 Å². The van der Waals surface area contributed by atoms with Gasteiger partial charge in [-0.15, -0.1) is 0 Å². The van der Waals surface area contributed by atoms with Gasteiger partial charge in [0.1, 0.15) is 0 Å². The number of aromatic nitrogens is 4. The molecular weight excluding hydrogens is 308 g/mol. The summed E-state index contributed by atoms with van der Waals surface area (Å²) in [6.45, 7) is 3.39. The molecule has 1 N–H and O–H groups in total. The lowest BCUT2D eigenvalue weighted by Gasteiger charge is -2.22. The minimum absolute atomic E-state index is 0.0491. The molecular formula is C16H22N6O2. The second-order valence-electron chi connectivity index (χ2n) is 5.75. The van der Waals surface area contributed by atoms with Crippen LogP contribution in [0.1, 0.15) is 50.4 Å². The Balaban J connectivity index is 1.48. The van der Waals surface area contributed by atoms with Crippen molar-refractivity contribution >= 4 is 11.9 Å². The van der Waals surface area contributed by atoms with E-state index in [1.807, 2.05) is 11.8 Å². The number of anilines is 1. The van der Waals surface area contributed by atoms with Gasteiger partial charge in [-0.3, -0.25) is 4.79 Å². The van der Waals surface area contributed by atoms with Gasteiger partial charge in [0, 0.05) is 38.3 Å². The van der Waals surface area contributed by atoms with Gasteiger partial charge in [-0.2, -0.15) is 4.98 Å². The highest BCUT2D eigenvalue weighted by Crippen LogP contribution is 2.30. The van der Waals surface area contributed by atoms with E-state index in [4.69, 9.17) is 4.52 Å². The van der Waals surface area contributed by atoms with Gasteiger partial charge in [0.25, 0.3) is 0 Å². The van der Waals surface area contributed by atoms with Crippen molar-refractivity contribution in [3.63, 3.8) is 0 Å². The molecule has 8 heteroatoms. The van der Waals surface area contributed by atoms with Crippen molar-refractivity contribution in [1.29, 1.82) is 0 Å². The fourth-order valence-electron chi connectivity index (χ4n) is 2.85. The molecule has 2 aromatic heterocycles. The van der Waals surface area contributed by atoms with Crippen molar-refractivity contribution in [2.75, 3.05) is 18.4 Å². The van der Waals surface area contributed by atoms with Crippen molar-refractivity contribution in [3.05, 3.63) is 30.2 Å². The third kappa shape index (κ3) is 3.87. The van der Waals surface area contributed by atoms with Crippen LogP contribution in [0.15, 0.2) is 23.0 Å². The zero-order valence-corrected chi connectivity index (χ0v) is 13.8. The predicted octanol–water partition coefficient (Wildman–Crippen LogP) is 1.98. The Bertz CT molecular complexity index is 660. The van der Waals surface area contributed by atoms with Crippen LogP contribution in [-0.2, 0) is 11.2 Å². The summed E-state index contributed by atoms with van der Waals surface area (Å²) in [7, 11) is 0. The van der Waals surface area contributed by atoms with Gasteiger partial charge >= 0.3 is 0 Å². The van der Waals surface area contributed by atoms with Crippen LogP contribution >= 0.6 is 0 Å². The molecule has 1 saturated heterocycles. The fourth-order valence-corrected chi connectivity index (χ4v) is 2.85. The van der Waals surface area contributed by atoms with Gasteiger partial charge in [-0.25, -0.2) is 9.97 Å². The van der Waals surface area contributed by atoms with Crippen LogP contribution in [0.2, 0.25) is 0 Å². The largest absolute Gasteiger partial charge is 0.354 e. The third-order valence-corrected chi connectivity index (χ3v) is 4.07. The molecule has 8 nitrogen and oxygen atoms in total. The number of nitrogens with zero attached hydrogens (tertiary/aromatic N) is 5. The summed E-state index contributed by atoms with van der Waals surface area (Å²) in [6.07, 6.45) is 7.16. The Morgan fingerprint density at radius 2 is 2.25 bits per heavy atom. The number of rotatable bonds is 7. The second-order valence-corrected chi connectivity index (χ2v) is 5.75. The normalized spacial score (nSPS) is 17.2. The van der Waals surface area contributed by atoms with Gasteiger partial charge in [0.15, 0.2) is 5.82 Å². The summed E-state index contributed by atoms with van der Waals surface area (Å²) in [5.41, 5.74) is 0. The van der Waals surface area contributed by atoms with Crippen LogP contribution in [0.3, 0.4) is 0 Å². The van der Waals surface area contributed by atoms with Gasteiger partial charge in [-0.1, -0.05) is 12.1 Å². The molecule has 0 spiro atoms. The highest BCUT2D eigenvalue weighted by molar-refractivity contribution is 5.76. The van der Waals surface area contributed by atoms with Gasteiger partial charge < -0.3 is 14.7 Å². The van der Waals surface area contributed by atoms with Crippen molar-refractivity contribution in [2.24, 2.45) is 0 Å². The number of aryl methyl sites for hydroxylation is 1. The van der Waals surface area contributed by atoms with E-state index in [0.29, 0.717) is 37.0 Å². The second kappa shape index (κ2) is 7.85. The maximum atomic E-state index is 12.5. The zero-order valence-electron chi connectivity index (χ0n) is 13.8. The molecule has 2 aromatic rings. The number of nitrogens with one attached hydrogen (secondary N) is 1. The van der Waals surface area contributed by atoms with Crippen LogP contribution in [-0.4, -0.2) is 44.0 Å². The first kappa shape index (κ1) is 16.4. The highest BCUT2D eigenvalue weighted by atomic mass is 16.5. The average molecular weight is 330 g/mol. The lowest BCUT2D eigenvalue weighted by molar-refractivity contribution is -0.132. The third-order valence-electron chi connectivity index (χ3n) is 4.07. The minimum atomic E-state index is -0.0491. The first-order valence-corrected chi connectivity index (χ1v) is 8.40. The summed E-state index contributed by atoms with van der Waals surface area (Å²) in [5, 5.41) is 7.14. The van der Waals surface area contributed by atoms with E-state index in [9.17, 15) is 4.79 Å². The Morgan fingerprint density at radius 3 is 3.00 bits per heavy atom. The van der Waals surface area contributed by atoms with Gasteiger partial charge in [-0.05, 0) is 25.3 Å². The first-order valence-electron chi connectivity index (χ1n) is 8.40. The quantitative estimate of drug-likeness (QED) is 0.775. The van der Waals surface area contributed by atoms with E-state index in [1.165, 1.54) is 0 Å². The minimum Gasteiger partial charge on any atom is -0.354 e. The van der Waals surface area contributed by atoms with Crippen LogP contribution < -0.4 is 5.32 Å². The van der Waals surface area contributed by atoms with Crippen molar-refractivity contribution < 1.29 is 9.32 Å². The summed E-state index contributed by atoms with van der Waals surface area (Å²) in [5.74, 6) is 1.98. The van der Waals surface area contributed by atoms with Crippen LogP contribution in [0, 0.1) is 0 Å². The van der Waals surface area contributed by atoms with E-state index in [0.717, 1.165) is 25.8 Å². The SMILES string of the molecule is CCc1nc([C@H]2CCCN2C(=O)CCCNc2ncccn2)no1. The molecule has 3 heterocycles. The molecule has 0 aliphatic carbocycles. The van der Waals surface area contributed by atoms with Crippen molar-refractivity contribution in [2.45, 2.75) is 45.1 Å². The topological polar surface area (TPSA) is 97.0 Å². The summed E-state index contributed by atoms with van der Waals surface area (Å²) in [4.78, 5) is 26.9. The zero-order chi connectivity index (χ0) is 16.8. The smallest absolute Gasteiger partial charge is 0.226 e. The number of hydrogen-bond donors (Lipinski definition) is 1. The Morgan fingerprint density at radius 1 is 1.42 bits per heavy atom. The maximum absolute atomic E-state index is 12.5. The summed E-state index contributed by atoms with van der Waals surface area (Å²) in [6, 6.07) is 1.72. The van der Waals surface area contributed by atoms with E-state index >= 15 is 0 Å². The van der Waals surface area contributed by atoms with Crippen molar-refractivity contribution in [1.82, 2.24) is 25.0 Å². The van der Waals surface area contributed by atoms with Crippen molar-refractivity contribution in [3.8, 4) is 0 Å². The van der Waals surface area contributed by atoms with Crippen LogP contribution in [0.5, 0.6) is 0 Å². The lowest BCUT2D eigenvalue weighted by Crippen LogP contribution is -2.31. The summed E-state index contributed by atoms with van der Waals surface area (Å²) >= 11 is 0. The number of likely N-dealkylation sites (tertiary alicyclic amines) is 1. The Hall–Kier alpha value is -2.51.